The number of nitrogens with zero attached hydrogens (tertiary/aromatic N) is 3. The van der Waals surface area contributed by atoms with Crippen molar-refractivity contribution in [1.82, 2.24) is 14.5 Å². The molecule has 0 aliphatic carbocycles. The predicted molar refractivity (Wildman–Crippen MR) is 80.0 cm³/mol. The number of phenols is 1. The van der Waals surface area contributed by atoms with Crippen molar-refractivity contribution >= 4 is 22.8 Å². The number of rotatable bonds is 2. The standard InChI is InChI=1S/C15H14ClN3O/c1-9(2)19-14(11-8-10(16)5-6-13(11)20)18-12-4-3-7-17-15(12)19/h3-9,20H,1-2H3. The minimum absolute atomic E-state index is 0.159. The summed E-state index contributed by atoms with van der Waals surface area (Å²) in [4.78, 5) is 8.97. The molecule has 0 amide bonds. The Labute approximate surface area is 121 Å². The maximum Gasteiger partial charge on any atom is 0.160 e. The normalized spacial score (nSPS) is 11.4. The Morgan fingerprint density at radius 3 is 2.80 bits per heavy atom. The van der Waals surface area contributed by atoms with Gasteiger partial charge in [-0.15, -0.1) is 0 Å². The van der Waals surface area contributed by atoms with Gasteiger partial charge < -0.3 is 9.67 Å². The zero-order chi connectivity index (χ0) is 14.3. The maximum atomic E-state index is 10.1. The Kier molecular flexibility index (Phi) is 3.10. The fourth-order valence-corrected chi connectivity index (χ4v) is 2.47. The minimum atomic E-state index is 0.159. The molecule has 0 bridgehead atoms. The first-order chi connectivity index (χ1) is 9.58. The molecule has 0 saturated carbocycles. The monoisotopic (exact) mass is 287 g/mol. The van der Waals surface area contributed by atoms with E-state index in [1.807, 2.05) is 16.7 Å². The zero-order valence-electron chi connectivity index (χ0n) is 11.2. The smallest absolute Gasteiger partial charge is 0.160 e. The summed E-state index contributed by atoms with van der Waals surface area (Å²) in [5.41, 5.74) is 2.22. The molecule has 0 fully saturated rings. The number of fused-ring (bicyclic) bond motifs is 1. The Morgan fingerprint density at radius 1 is 1.25 bits per heavy atom. The number of hydrogen-bond donors (Lipinski definition) is 1. The Hall–Kier alpha value is -2.07. The van der Waals surface area contributed by atoms with Crippen molar-refractivity contribution in [2.45, 2.75) is 19.9 Å². The van der Waals surface area contributed by atoms with Crippen LogP contribution in [0.25, 0.3) is 22.6 Å². The average Bonchev–Trinajstić information content (AvgIpc) is 2.80. The molecule has 1 aromatic carbocycles. The molecule has 0 atom stereocenters. The van der Waals surface area contributed by atoms with Crippen LogP contribution >= 0.6 is 11.6 Å². The third-order valence-electron chi connectivity index (χ3n) is 3.16. The van der Waals surface area contributed by atoms with Gasteiger partial charge in [0.15, 0.2) is 5.65 Å². The van der Waals surface area contributed by atoms with Gasteiger partial charge in [0.1, 0.15) is 17.1 Å². The molecule has 20 heavy (non-hydrogen) atoms. The van der Waals surface area contributed by atoms with E-state index >= 15 is 0 Å². The van der Waals surface area contributed by atoms with Crippen molar-refractivity contribution in [2.24, 2.45) is 0 Å². The van der Waals surface area contributed by atoms with E-state index in [4.69, 9.17) is 11.6 Å². The first-order valence-corrected chi connectivity index (χ1v) is 6.77. The van der Waals surface area contributed by atoms with Crippen molar-refractivity contribution in [3.63, 3.8) is 0 Å². The number of hydrogen-bond acceptors (Lipinski definition) is 3. The lowest BCUT2D eigenvalue weighted by molar-refractivity contribution is 0.476. The second-order valence-electron chi connectivity index (χ2n) is 4.91. The van der Waals surface area contributed by atoms with Gasteiger partial charge in [0.2, 0.25) is 0 Å². The first-order valence-electron chi connectivity index (χ1n) is 6.40. The molecule has 0 spiro atoms. The highest BCUT2D eigenvalue weighted by Gasteiger charge is 2.18. The van der Waals surface area contributed by atoms with Crippen LogP contribution < -0.4 is 0 Å². The number of phenolic OH excluding ortho intramolecular Hbond substituents is 1. The van der Waals surface area contributed by atoms with E-state index in [1.54, 1.807) is 24.4 Å². The summed E-state index contributed by atoms with van der Waals surface area (Å²) in [6, 6.07) is 8.88. The van der Waals surface area contributed by atoms with E-state index in [9.17, 15) is 5.11 Å². The van der Waals surface area contributed by atoms with Gasteiger partial charge in [-0.1, -0.05) is 11.6 Å². The summed E-state index contributed by atoms with van der Waals surface area (Å²) in [5.74, 6) is 0.834. The third kappa shape index (κ3) is 2.02. The third-order valence-corrected chi connectivity index (χ3v) is 3.40. The lowest BCUT2D eigenvalue weighted by atomic mass is 10.2. The molecule has 0 aliphatic heterocycles. The second-order valence-corrected chi connectivity index (χ2v) is 5.34. The topological polar surface area (TPSA) is 50.9 Å². The SMILES string of the molecule is CC(C)n1c(-c2cc(Cl)ccc2O)nc2cccnc21. The van der Waals surface area contributed by atoms with E-state index in [2.05, 4.69) is 23.8 Å². The molecule has 4 nitrogen and oxygen atoms in total. The van der Waals surface area contributed by atoms with Crippen LogP contribution in [0.1, 0.15) is 19.9 Å². The Bertz CT molecular complexity index is 780. The van der Waals surface area contributed by atoms with Crippen LogP contribution in [0, 0.1) is 0 Å². The molecule has 2 heterocycles. The molecule has 2 aromatic heterocycles. The molecule has 102 valence electrons. The summed E-state index contributed by atoms with van der Waals surface area (Å²) in [5, 5.41) is 10.7. The average molecular weight is 288 g/mol. The molecule has 1 N–H and O–H groups in total. The summed E-state index contributed by atoms with van der Waals surface area (Å²) in [7, 11) is 0. The molecule has 3 rings (SSSR count). The Morgan fingerprint density at radius 2 is 2.05 bits per heavy atom. The first kappa shape index (κ1) is 12.9. The highest BCUT2D eigenvalue weighted by atomic mass is 35.5. The van der Waals surface area contributed by atoms with Crippen molar-refractivity contribution in [2.75, 3.05) is 0 Å². The highest BCUT2D eigenvalue weighted by Crippen LogP contribution is 2.34. The number of aromatic nitrogens is 3. The van der Waals surface area contributed by atoms with Gasteiger partial charge in [0.25, 0.3) is 0 Å². The fourth-order valence-electron chi connectivity index (χ4n) is 2.30. The Balaban J connectivity index is 2.35. The molecule has 0 radical (unpaired) electrons. The molecule has 0 saturated heterocycles. The van der Waals surface area contributed by atoms with E-state index < -0.39 is 0 Å². The second kappa shape index (κ2) is 4.80. The number of benzene rings is 1. The number of halogens is 1. The van der Waals surface area contributed by atoms with Crippen LogP contribution in [0.15, 0.2) is 36.5 Å². The van der Waals surface area contributed by atoms with Crippen molar-refractivity contribution in [3.05, 3.63) is 41.6 Å². The van der Waals surface area contributed by atoms with Crippen molar-refractivity contribution < 1.29 is 5.11 Å². The predicted octanol–water partition coefficient (Wildman–Crippen LogP) is 4.04. The lowest BCUT2D eigenvalue weighted by Gasteiger charge is -2.13. The number of imidazole rings is 1. The minimum Gasteiger partial charge on any atom is -0.507 e. The summed E-state index contributed by atoms with van der Waals surface area (Å²) in [6.45, 7) is 4.11. The molecule has 0 unspecified atom stereocenters. The van der Waals surface area contributed by atoms with Gasteiger partial charge in [-0.3, -0.25) is 0 Å². The van der Waals surface area contributed by atoms with Gasteiger partial charge in [0.05, 0.1) is 5.56 Å². The number of aromatic hydroxyl groups is 1. The van der Waals surface area contributed by atoms with Gasteiger partial charge >= 0.3 is 0 Å². The van der Waals surface area contributed by atoms with Gasteiger partial charge in [-0.05, 0) is 44.2 Å². The molecule has 3 aromatic rings. The molecular formula is C15H14ClN3O. The van der Waals surface area contributed by atoms with Crippen LogP contribution in [0.5, 0.6) is 5.75 Å². The maximum absolute atomic E-state index is 10.1. The largest absolute Gasteiger partial charge is 0.507 e. The fraction of sp³-hybridized carbons (Fsp3) is 0.200. The summed E-state index contributed by atoms with van der Waals surface area (Å²) in [6.07, 6.45) is 1.74. The van der Waals surface area contributed by atoms with Crippen LogP contribution in [0.3, 0.4) is 0 Å². The quantitative estimate of drug-likeness (QED) is 0.774. The van der Waals surface area contributed by atoms with Gasteiger partial charge in [-0.25, -0.2) is 9.97 Å². The summed E-state index contributed by atoms with van der Waals surface area (Å²) >= 11 is 6.03. The van der Waals surface area contributed by atoms with Crippen LogP contribution in [0.4, 0.5) is 0 Å². The zero-order valence-corrected chi connectivity index (χ0v) is 12.0. The van der Waals surface area contributed by atoms with Gasteiger partial charge in [0, 0.05) is 17.3 Å². The van der Waals surface area contributed by atoms with Gasteiger partial charge in [-0.2, -0.15) is 0 Å². The molecule has 5 heteroatoms. The van der Waals surface area contributed by atoms with E-state index in [1.165, 1.54) is 0 Å². The highest BCUT2D eigenvalue weighted by molar-refractivity contribution is 6.30. The number of pyridine rings is 1. The van der Waals surface area contributed by atoms with Crippen LogP contribution in [0.2, 0.25) is 5.02 Å². The van der Waals surface area contributed by atoms with E-state index in [-0.39, 0.29) is 11.8 Å². The van der Waals surface area contributed by atoms with Crippen LogP contribution in [-0.2, 0) is 0 Å². The van der Waals surface area contributed by atoms with E-state index in [0.29, 0.717) is 16.4 Å². The van der Waals surface area contributed by atoms with Crippen molar-refractivity contribution in [1.29, 1.82) is 0 Å². The molecule has 0 aliphatic rings. The van der Waals surface area contributed by atoms with Crippen LogP contribution in [-0.4, -0.2) is 19.6 Å². The molecular weight excluding hydrogens is 274 g/mol. The van der Waals surface area contributed by atoms with Crippen molar-refractivity contribution in [3.8, 4) is 17.1 Å². The van der Waals surface area contributed by atoms with E-state index in [0.717, 1.165) is 11.2 Å². The summed E-state index contributed by atoms with van der Waals surface area (Å²) < 4.78 is 2.00. The lowest BCUT2D eigenvalue weighted by Crippen LogP contribution is -2.04.